The Morgan fingerprint density at radius 1 is 1.12 bits per heavy atom. The minimum absolute atomic E-state index is 0.234. The smallest absolute Gasteiger partial charge is 0.271 e. The van der Waals surface area contributed by atoms with Crippen LogP contribution in [0.4, 0.5) is 0 Å². The van der Waals surface area contributed by atoms with Crippen LogP contribution >= 0.6 is 0 Å². The molecule has 0 aliphatic carbocycles. The van der Waals surface area contributed by atoms with E-state index >= 15 is 0 Å². The molecule has 1 N–H and O–H groups in total. The minimum atomic E-state index is -0.285. The normalized spacial score (nSPS) is 10.6. The van der Waals surface area contributed by atoms with Gasteiger partial charge in [0, 0.05) is 31.5 Å². The van der Waals surface area contributed by atoms with Crippen LogP contribution in [0.1, 0.15) is 22.5 Å². The first-order valence-electron chi connectivity index (χ1n) is 8.08. The fourth-order valence-electron chi connectivity index (χ4n) is 2.41. The van der Waals surface area contributed by atoms with Gasteiger partial charge in [-0.25, -0.2) is 9.67 Å². The maximum absolute atomic E-state index is 12.2. The van der Waals surface area contributed by atoms with E-state index in [-0.39, 0.29) is 17.2 Å². The second kappa shape index (κ2) is 8.05. The lowest BCUT2D eigenvalue weighted by atomic mass is 10.2. The van der Waals surface area contributed by atoms with E-state index in [0.29, 0.717) is 13.1 Å². The lowest BCUT2D eigenvalue weighted by Crippen LogP contribution is -2.30. The summed E-state index contributed by atoms with van der Waals surface area (Å²) in [7, 11) is 0. The number of nitrogens with one attached hydrogen (secondary N) is 1. The molecular weight excluding hydrogens is 318 g/mol. The van der Waals surface area contributed by atoms with Crippen molar-refractivity contribution >= 4 is 5.91 Å². The van der Waals surface area contributed by atoms with Gasteiger partial charge in [-0.2, -0.15) is 5.10 Å². The number of rotatable bonds is 7. The van der Waals surface area contributed by atoms with E-state index in [1.54, 1.807) is 12.5 Å². The highest BCUT2D eigenvalue weighted by Gasteiger charge is 2.09. The number of carbonyl (C=O) groups excluding carboxylic acids is 1. The monoisotopic (exact) mass is 337 g/mol. The van der Waals surface area contributed by atoms with E-state index in [1.807, 2.05) is 41.1 Å². The van der Waals surface area contributed by atoms with Gasteiger partial charge in [-0.15, -0.1) is 0 Å². The van der Waals surface area contributed by atoms with Crippen molar-refractivity contribution in [2.75, 3.05) is 6.54 Å². The molecule has 128 valence electrons. The molecule has 0 fully saturated rings. The summed E-state index contributed by atoms with van der Waals surface area (Å²) in [5.74, 6) is -0.285. The predicted octanol–water partition coefficient (Wildman–Crippen LogP) is 1.31. The van der Waals surface area contributed by atoms with E-state index in [0.717, 1.165) is 18.5 Å². The molecule has 0 saturated carbocycles. The summed E-state index contributed by atoms with van der Waals surface area (Å²) in [5.41, 5.74) is 0.952. The van der Waals surface area contributed by atoms with Gasteiger partial charge in [0.2, 0.25) is 0 Å². The third-order valence-corrected chi connectivity index (χ3v) is 3.71. The third-order valence-electron chi connectivity index (χ3n) is 3.71. The van der Waals surface area contributed by atoms with E-state index in [4.69, 9.17) is 0 Å². The molecule has 1 amide bonds. The van der Waals surface area contributed by atoms with Crippen LogP contribution in [-0.4, -0.2) is 31.8 Å². The zero-order chi connectivity index (χ0) is 17.5. The van der Waals surface area contributed by atoms with Crippen molar-refractivity contribution in [2.24, 2.45) is 0 Å². The Kier molecular flexibility index (Phi) is 5.36. The van der Waals surface area contributed by atoms with Crippen LogP contribution < -0.4 is 10.9 Å². The quantitative estimate of drug-likeness (QED) is 0.659. The van der Waals surface area contributed by atoms with Crippen LogP contribution in [0.2, 0.25) is 0 Å². The summed E-state index contributed by atoms with van der Waals surface area (Å²) < 4.78 is 3.25. The Morgan fingerprint density at radius 2 is 1.96 bits per heavy atom. The average molecular weight is 337 g/mol. The van der Waals surface area contributed by atoms with Crippen molar-refractivity contribution in [3.8, 4) is 0 Å². The average Bonchev–Trinajstić information content (AvgIpc) is 3.15. The summed E-state index contributed by atoms with van der Waals surface area (Å²) >= 11 is 0. The molecule has 3 aromatic rings. The van der Waals surface area contributed by atoms with Gasteiger partial charge in [-0.05, 0) is 18.1 Å². The molecule has 2 aromatic heterocycles. The lowest BCUT2D eigenvalue weighted by Gasteiger charge is -2.08. The molecule has 0 bridgehead atoms. The van der Waals surface area contributed by atoms with E-state index in [2.05, 4.69) is 15.4 Å². The van der Waals surface area contributed by atoms with Crippen molar-refractivity contribution in [1.29, 1.82) is 0 Å². The Morgan fingerprint density at radius 3 is 2.72 bits per heavy atom. The van der Waals surface area contributed by atoms with Crippen LogP contribution in [0.5, 0.6) is 0 Å². The molecule has 2 heterocycles. The first-order chi connectivity index (χ1) is 12.2. The highest BCUT2D eigenvalue weighted by Crippen LogP contribution is 2.00. The SMILES string of the molecule is O=C(NCCCn1ccnc1)c1ccc(=O)n(Cc2ccccc2)n1. The minimum Gasteiger partial charge on any atom is -0.351 e. The number of nitrogens with zero attached hydrogens (tertiary/aromatic N) is 4. The molecular formula is C18H19N5O2. The van der Waals surface area contributed by atoms with Crippen molar-refractivity contribution in [3.63, 3.8) is 0 Å². The molecule has 0 unspecified atom stereocenters. The van der Waals surface area contributed by atoms with E-state index in [1.165, 1.54) is 16.8 Å². The van der Waals surface area contributed by atoms with Crippen LogP contribution in [0, 0.1) is 0 Å². The van der Waals surface area contributed by atoms with Gasteiger partial charge in [-0.1, -0.05) is 30.3 Å². The summed E-state index contributed by atoms with van der Waals surface area (Å²) in [5, 5.41) is 6.99. The number of carbonyl (C=O) groups is 1. The van der Waals surface area contributed by atoms with Crippen LogP contribution in [-0.2, 0) is 13.1 Å². The second-order valence-electron chi connectivity index (χ2n) is 5.61. The molecule has 7 nitrogen and oxygen atoms in total. The predicted molar refractivity (Wildman–Crippen MR) is 93.2 cm³/mol. The van der Waals surface area contributed by atoms with Crippen molar-refractivity contribution < 1.29 is 4.79 Å². The summed E-state index contributed by atoms with van der Waals surface area (Å²) in [6.45, 7) is 1.64. The number of benzene rings is 1. The highest BCUT2D eigenvalue weighted by atomic mass is 16.2. The zero-order valence-electron chi connectivity index (χ0n) is 13.7. The zero-order valence-corrected chi connectivity index (χ0v) is 13.7. The van der Waals surface area contributed by atoms with Crippen molar-refractivity contribution in [3.05, 3.63) is 82.8 Å². The Labute approximate surface area is 144 Å². The van der Waals surface area contributed by atoms with Crippen LogP contribution in [0.25, 0.3) is 0 Å². The first kappa shape index (κ1) is 16.6. The molecule has 0 aliphatic heterocycles. The fourth-order valence-corrected chi connectivity index (χ4v) is 2.41. The molecule has 0 saturated heterocycles. The maximum atomic E-state index is 12.2. The van der Waals surface area contributed by atoms with E-state index < -0.39 is 0 Å². The van der Waals surface area contributed by atoms with E-state index in [9.17, 15) is 9.59 Å². The molecule has 7 heteroatoms. The number of amides is 1. The number of hydrogen-bond donors (Lipinski definition) is 1. The third kappa shape index (κ3) is 4.63. The Hall–Kier alpha value is -3.22. The van der Waals surface area contributed by atoms with Gasteiger partial charge in [0.15, 0.2) is 0 Å². The molecule has 25 heavy (non-hydrogen) atoms. The molecule has 0 radical (unpaired) electrons. The molecule has 0 aliphatic rings. The summed E-state index contributed by atoms with van der Waals surface area (Å²) in [4.78, 5) is 28.1. The molecule has 1 aromatic carbocycles. The number of imidazole rings is 1. The van der Waals surface area contributed by atoms with Gasteiger partial charge in [0.1, 0.15) is 5.69 Å². The lowest BCUT2D eigenvalue weighted by molar-refractivity contribution is 0.0945. The Bertz CT molecular complexity index is 872. The topological polar surface area (TPSA) is 81.8 Å². The number of aryl methyl sites for hydroxylation is 1. The van der Waals surface area contributed by atoms with Gasteiger partial charge in [-0.3, -0.25) is 9.59 Å². The first-order valence-corrected chi connectivity index (χ1v) is 8.08. The number of aromatic nitrogens is 4. The molecule has 0 atom stereocenters. The standard InChI is InChI=1S/C18H19N5O2/c24-17-8-7-16(21-23(17)13-15-5-2-1-3-6-15)18(25)20-9-4-11-22-12-10-19-14-22/h1-3,5-8,10,12,14H,4,9,11,13H2,(H,20,25). The maximum Gasteiger partial charge on any atom is 0.271 e. The largest absolute Gasteiger partial charge is 0.351 e. The van der Waals surface area contributed by atoms with Gasteiger partial charge >= 0.3 is 0 Å². The van der Waals surface area contributed by atoms with Crippen molar-refractivity contribution in [2.45, 2.75) is 19.5 Å². The van der Waals surface area contributed by atoms with Gasteiger partial charge in [0.25, 0.3) is 11.5 Å². The van der Waals surface area contributed by atoms with Gasteiger partial charge < -0.3 is 9.88 Å². The second-order valence-corrected chi connectivity index (χ2v) is 5.61. The molecule has 3 rings (SSSR count). The Balaban J connectivity index is 1.58. The van der Waals surface area contributed by atoms with Crippen molar-refractivity contribution in [1.82, 2.24) is 24.6 Å². The summed E-state index contributed by atoms with van der Waals surface area (Å²) in [6, 6.07) is 12.4. The highest BCUT2D eigenvalue weighted by molar-refractivity contribution is 5.91. The number of hydrogen-bond acceptors (Lipinski definition) is 4. The molecule has 0 spiro atoms. The van der Waals surface area contributed by atoms with Gasteiger partial charge in [0.05, 0.1) is 12.9 Å². The van der Waals surface area contributed by atoms with Crippen LogP contribution in [0.3, 0.4) is 0 Å². The summed E-state index contributed by atoms with van der Waals surface area (Å²) in [6.07, 6.45) is 6.12. The van der Waals surface area contributed by atoms with Crippen LogP contribution in [0.15, 0.2) is 66.0 Å². The fraction of sp³-hybridized carbons (Fsp3) is 0.222.